The Balaban J connectivity index is 1.56. The highest BCUT2D eigenvalue weighted by molar-refractivity contribution is 9.10. The molecular formula is C19H20BrN5O5. The van der Waals surface area contributed by atoms with Gasteiger partial charge in [0.2, 0.25) is 11.8 Å². The Bertz CT molecular complexity index is 877. The summed E-state index contributed by atoms with van der Waals surface area (Å²) in [6.07, 6.45) is 0.515. The highest BCUT2D eigenvalue weighted by Gasteiger charge is 2.10. The van der Waals surface area contributed by atoms with E-state index in [-0.39, 0.29) is 31.9 Å². The number of nitrogens with one attached hydrogen (secondary N) is 4. The lowest BCUT2D eigenvalue weighted by atomic mass is 10.2. The molecule has 2 rings (SSSR count). The van der Waals surface area contributed by atoms with Crippen molar-refractivity contribution in [1.29, 1.82) is 0 Å². The predicted octanol–water partition coefficient (Wildman–Crippen LogP) is 1.64. The number of hydrazine groups is 1. The number of hydrogen-bond donors (Lipinski definition) is 4. The molecule has 0 fully saturated rings. The summed E-state index contributed by atoms with van der Waals surface area (Å²) in [5.74, 6) is -1.15. The standard InChI is InChI=1S/C19H20BrN5O5/c20-14-6-7-15(21-10-14)23-17(27)9-8-16(26)22-11-18(28)24-25-19(29)30-12-13-4-2-1-3-5-13/h1-7,10H,8-9,11-12H2,(H,22,26)(H,24,28)(H,25,29)(H,21,23,27). The molecule has 158 valence electrons. The Morgan fingerprint density at radius 3 is 2.33 bits per heavy atom. The monoisotopic (exact) mass is 477 g/mol. The molecule has 11 heteroatoms. The molecule has 0 aliphatic carbocycles. The van der Waals surface area contributed by atoms with Crippen molar-refractivity contribution in [2.75, 3.05) is 11.9 Å². The van der Waals surface area contributed by atoms with Crippen molar-refractivity contribution in [3.63, 3.8) is 0 Å². The van der Waals surface area contributed by atoms with E-state index in [0.29, 0.717) is 5.82 Å². The van der Waals surface area contributed by atoms with Gasteiger partial charge in [-0.15, -0.1) is 0 Å². The molecule has 0 unspecified atom stereocenters. The van der Waals surface area contributed by atoms with Gasteiger partial charge in [-0.3, -0.25) is 19.8 Å². The molecule has 0 atom stereocenters. The van der Waals surface area contributed by atoms with Crippen LogP contribution in [-0.2, 0) is 25.7 Å². The summed E-state index contributed by atoms with van der Waals surface area (Å²) in [5.41, 5.74) is 4.98. The Hall–Kier alpha value is -3.47. The Morgan fingerprint density at radius 2 is 1.63 bits per heavy atom. The van der Waals surface area contributed by atoms with Crippen LogP contribution >= 0.6 is 15.9 Å². The molecule has 30 heavy (non-hydrogen) atoms. The van der Waals surface area contributed by atoms with Crippen LogP contribution in [0.2, 0.25) is 0 Å². The van der Waals surface area contributed by atoms with Gasteiger partial charge in [0.05, 0.1) is 6.54 Å². The van der Waals surface area contributed by atoms with Crippen molar-refractivity contribution in [1.82, 2.24) is 21.2 Å². The molecule has 4 amide bonds. The summed E-state index contributed by atoms with van der Waals surface area (Å²) >= 11 is 3.24. The molecule has 4 N–H and O–H groups in total. The number of ether oxygens (including phenoxy) is 1. The number of carbonyl (C=O) groups excluding carboxylic acids is 4. The third-order valence-corrected chi connectivity index (χ3v) is 4.01. The van der Waals surface area contributed by atoms with Crippen molar-refractivity contribution >= 4 is 45.6 Å². The number of nitrogens with zero attached hydrogens (tertiary/aromatic N) is 1. The quantitative estimate of drug-likeness (QED) is 0.426. The molecule has 10 nitrogen and oxygen atoms in total. The van der Waals surface area contributed by atoms with Crippen LogP contribution < -0.4 is 21.5 Å². The number of benzene rings is 1. The third kappa shape index (κ3) is 9.15. The van der Waals surface area contributed by atoms with Crippen molar-refractivity contribution in [3.05, 3.63) is 58.7 Å². The van der Waals surface area contributed by atoms with E-state index in [9.17, 15) is 19.2 Å². The summed E-state index contributed by atoms with van der Waals surface area (Å²) in [7, 11) is 0. The first-order valence-electron chi connectivity index (χ1n) is 8.86. The normalized spacial score (nSPS) is 9.90. The predicted molar refractivity (Wildman–Crippen MR) is 111 cm³/mol. The second-order valence-electron chi connectivity index (χ2n) is 5.92. The van der Waals surface area contributed by atoms with E-state index in [0.717, 1.165) is 10.0 Å². The number of halogens is 1. The molecule has 0 saturated carbocycles. The molecule has 1 aromatic heterocycles. The van der Waals surface area contributed by atoms with Gasteiger partial charge in [0.1, 0.15) is 12.4 Å². The number of pyridine rings is 1. The summed E-state index contributed by atoms with van der Waals surface area (Å²) in [6.45, 7) is -0.315. The molecule has 0 spiro atoms. The summed E-state index contributed by atoms with van der Waals surface area (Å²) in [6, 6.07) is 12.4. The van der Waals surface area contributed by atoms with Crippen LogP contribution in [0.25, 0.3) is 0 Å². The van der Waals surface area contributed by atoms with Crippen LogP contribution in [0.4, 0.5) is 10.6 Å². The minimum absolute atomic E-state index is 0.0527. The Morgan fingerprint density at radius 1 is 0.900 bits per heavy atom. The number of carbonyl (C=O) groups is 4. The maximum absolute atomic E-state index is 11.8. The van der Waals surface area contributed by atoms with Gasteiger partial charge in [0.25, 0.3) is 5.91 Å². The first-order valence-corrected chi connectivity index (χ1v) is 9.65. The second kappa shape index (κ2) is 12.2. The highest BCUT2D eigenvalue weighted by atomic mass is 79.9. The summed E-state index contributed by atoms with van der Waals surface area (Å²) in [4.78, 5) is 50.7. The fourth-order valence-corrected chi connectivity index (χ4v) is 2.31. The molecule has 1 heterocycles. The first kappa shape index (κ1) is 22.8. The highest BCUT2D eigenvalue weighted by Crippen LogP contribution is 2.10. The van der Waals surface area contributed by atoms with Gasteiger partial charge < -0.3 is 15.4 Å². The maximum atomic E-state index is 11.8. The lowest BCUT2D eigenvalue weighted by Crippen LogP contribution is -2.46. The van der Waals surface area contributed by atoms with Crippen LogP contribution in [0.3, 0.4) is 0 Å². The molecule has 2 aromatic rings. The van der Waals surface area contributed by atoms with Crippen molar-refractivity contribution < 1.29 is 23.9 Å². The van der Waals surface area contributed by atoms with Gasteiger partial charge in [0.15, 0.2) is 0 Å². The topological polar surface area (TPSA) is 139 Å². The molecule has 1 aromatic carbocycles. The summed E-state index contributed by atoms with van der Waals surface area (Å²) < 4.78 is 5.70. The zero-order chi connectivity index (χ0) is 21.8. The number of amides is 4. The minimum atomic E-state index is -0.836. The average molecular weight is 478 g/mol. The smallest absolute Gasteiger partial charge is 0.426 e. The largest absolute Gasteiger partial charge is 0.443 e. The molecule has 0 saturated heterocycles. The molecule has 0 aliphatic heterocycles. The maximum Gasteiger partial charge on any atom is 0.426 e. The molecule has 0 radical (unpaired) electrons. The van der Waals surface area contributed by atoms with Crippen LogP contribution in [0.1, 0.15) is 18.4 Å². The number of hydrogen-bond acceptors (Lipinski definition) is 6. The average Bonchev–Trinajstić information content (AvgIpc) is 2.75. The Kier molecular flexibility index (Phi) is 9.25. The van der Waals surface area contributed by atoms with E-state index in [4.69, 9.17) is 4.74 Å². The fraction of sp³-hybridized carbons (Fsp3) is 0.211. The number of rotatable bonds is 8. The lowest BCUT2D eigenvalue weighted by Gasteiger charge is -2.09. The van der Waals surface area contributed by atoms with Gasteiger partial charge >= 0.3 is 6.09 Å². The van der Waals surface area contributed by atoms with Crippen LogP contribution in [-0.4, -0.2) is 35.3 Å². The zero-order valence-electron chi connectivity index (χ0n) is 15.8. The molecule has 0 bridgehead atoms. The van der Waals surface area contributed by atoms with Gasteiger partial charge in [-0.2, -0.15) is 0 Å². The van der Waals surface area contributed by atoms with E-state index < -0.39 is 17.9 Å². The SMILES string of the molecule is O=C(CCC(=O)Nc1ccc(Br)cn1)NCC(=O)NNC(=O)OCc1ccccc1. The summed E-state index contributed by atoms with van der Waals surface area (Å²) in [5, 5.41) is 4.90. The van der Waals surface area contributed by atoms with E-state index >= 15 is 0 Å². The van der Waals surface area contributed by atoms with E-state index in [1.165, 1.54) is 6.20 Å². The minimum Gasteiger partial charge on any atom is -0.443 e. The van der Waals surface area contributed by atoms with Crippen molar-refractivity contribution in [3.8, 4) is 0 Å². The van der Waals surface area contributed by atoms with E-state index in [2.05, 4.69) is 42.4 Å². The van der Waals surface area contributed by atoms with E-state index in [1.54, 1.807) is 24.3 Å². The zero-order valence-corrected chi connectivity index (χ0v) is 17.4. The van der Waals surface area contributed by atoms with Crippen molar-refractivity contribution in [2.24, 2.45) is 0 Å². The van der Waals surface area contributed by atoms with Crippen LogP contribution in [0, 0.1) is 0 Å². The van der Waals surface area contributed by atoms with Gasteiger partial charge in [0, 0.05) is 23.5 Å². The Labute approximate surface area is 180 Å². The van der Waals surface area contributed by atoms with Gasteiger partial charge in [-0.05, 0) is 33.6 Å². The lowest BCUT2D eigenvalue weighted by molar-refractivity contribution is -0.127. The number of anilines is 1. The fourth-order valence-electron chi connectivity index (χ4n) is 2.07. The van der Waals surface area contributed by atoms with Crippen LogP contribution in [0.15, 0.2) is 53.1 Å². The first-order chi connectivity index (χ1) is 14.4. The van der Waals surface area contributed by atoms with Crippen LogP contribution in [0.5, 0.6) is 0 Å². The van der Waals surface area contributed by atoms with E-state index in [1.807, 2.05) is 18.2 Å². The number of aromatic nitrogens is 1. The van der Waals surface area contributed by atoms with Crippen molar-refractivity contribution in [2.45, 2.75) is 19.4 Å². The molecular weight excluding hydrogens is 458 g/mol. The van der Waals surface area contributed by atoms with Gasteiger partial charge in [-0.25, -0.2) is 15.2 Å². The van der Waals surface area contributed by atoms with Gasteiger partial charge in [-0.1, -0.05) is 30.3 Å². The second-order valence-corrected chi connectivity index (χ2v) is 6.84. The third-order valence-electron chi connectivity index (χ3n) is 3.54. The molecule has 0 aliphatic rings.